The summed E-state index contributed by atoms with van der Waals surface area (Å²) in [5.74, 6) is -0.243. The molecule has 0 spiro atoms. The van der Waals surface area contributed by atoms with Gasteiger partial charge in [0.15, 0.2) is 0 Å². The molecule has 0 atom stereocenters. The second-order valence-corrected chi connectivity index (χ2v) is 5.66. The molecule has 1 saturated heterocycles. The largest absolute Gasteiger partial charge is 0.384 e. The van der Waals surface area contributed by atoms with Gasteiger partial charge in [0.2, 0.25) is 0 Å². The number of alkyl halides is 2. The van der Waals surface area contributed by atoms with Crippen LogP contribution < -0.4 is 0 Å². The summed E-state index contributed by atoms with van der Waals surface area (Å²) in [5, 5.41) is 13.9. The number of benzene rings is 1. The van der Waals surface area contributed by atoms with Crippen molar-refractivity contribution < 1.29 is 18.7 Å². The lowest BCUT2D eigenvalue weighted by molar-refractivity contribution is -0.122. The Morgan fingerprint density at radius 3 is 2.52 bits per heavy atom. The van der Waals surface area contributed by atoms with Crippen molar-refractivity contribution in [1.29, 1.82) is 0 Å². The van der Waals surface area contributed by atoms with Crippen molar-refractivity contribution in [3.63, 3.8) is 0 Å². The highest BCUT2D eigenvalue weighted by atomic mass is 19.3. The number of rotatable bonds is 3. The second-order valence-electron chi connectivity index (χ2n) is 5.66. The van der Waals surface area contributed by atoms with E-state index in [0.29, 0.717) is 11.3 Å². The first-order valence-electron chi connectivity index (χ1n) is 7.40. The molecule has 0 unspecified atom stereocenters. The Morgan fingerprint density at radius 2 is 1.91 bits per heavy atom. The third-order valence-corrected chi connectivity index (χ3v) is 4.21. The lowest BCUT2D eigenvalue weighted by Gasteiger charge is -2.37. The maximum atomic E-state index is 12.8. The molecule has 1 fully saturated rings. The summed E-state index contributed by atoms with van der Waals surface area (Å²) in [7, 11) is 0. The fourth-order valence-electron chi connectivity index (χ4n) is 2.75. The molecule has 2 heterocycles. The van der Waals surface area contributed by atoms with Crippen molar-refractivity contribution in [2.24, 2.45) is 0 Å². The highest BCUT2D eigenvalue weighted by Crippen LogP contribution is 2.29. The number of carbonyl (C=O) groups is 1. The number of para-hydroxylation sites is 1. The van der Waals surface area contributed by atoms with Crippen LogP contribution >= 0.6 is 0 Å². The van der Waals surface area contributed by atoms with Crippen LogP contribution in [0, 0.1) is 0 Å². The first kappa shape index (κ1) is 15.6. The number of nitrogens with zero attached hydrogens (tertiary/aromatic N) is 3. The average Bonchev–Trinajstić information content (AvgIpc) is 3.09. The lowest BCUT2D eigenvalue weighted by Crippen LogP contribution is -2.50. The van der Waals surface area contributed by atoms with Crippen molar-refractivity contribution in [1.82, 2.24) is 14.7 Å². The Hall–Kier alpha value is -2.28. The van der Waals surface area contributed by atoms with E-state index in [9.17, 15) is 18.7 Å². The number of piperidine rings is 1. The van der Waals surface area contributed by atoms with Crippen LogP contribution in [-0.4, -0.2) is 50.8 Å². The van der Waals surface area contributed by atoms with Gasteiger partial charge in [-0.15, -0.1) is 0 Å². The molecule has 3 rings (SSSR count). The molecule has 5 nitrogen and oxygen atoms in total. The zero-order valence-electron chi connectivity index (χ0n) is 12.4. The molecular weight excluding hydrogens is 304 g/mol. The van der Waals surface area contributed by atoms with Gasteiger partial charge in [0.05, 0.1) is 11.3 Å². The van der Waals surface area contributed by atoms with Crippen molar-refractivity contribution >= 4 is 5.91 Å². The molecule has 1 aromatic carbocycles. The minimum absolute atomic E-state index is 0.104. The summed E-state index contributed by atoms with van der Waals surface area (Å²) in [6.07, 6.45) is 0.305. The number of hydrogen-bond donors (Lipinski definition) is 1. The molecule has 0 bridgehead atoms. The van der Waals surface area contributed by atoms with Crippen molar-refractivity contribution in [2.75, 3.05) is 13.1 Å². The highest BCUT2D eigenvalue weighted by Gasteiger charge is 2.41. The van der Waals surface area contributed by atoms with E-state index in [1.165, 1.54) is 4.90 Å². The van der Waals surface area contributed by atoms with E-state index in [0.717, 1.165) is 0 Å². The number of aromatic nitrogens is 2. The first-order valence-corrected chi connectivity index (χ1v) is 7.40. The molecule has 1 aliphatic heterocycles. The van der Waals surface area contributed by atoms with Crippen molar-refractivity contribution in [3.8, 4) is 5.69 Å². The van der Waals surface area contributed by atoms with Crippen molar-refractivity contribution in [2.45, 2.75) is 24.9 Å². The van der Waals surface area contributed by atoms with Gasteiger partial charge in [0.25, 0.3) is 12.3 Å². The van der Waals surface area contributed by atoms with E-state index in [4.69, 9.17) is 0 Å². The van der Waals surface area contributed by atoms with E-state index >= 15 is 0 Å². The molecule has 1 amide bonds. The van der Waals surface area contributed by atoms with Gasteiger partial charge in [0, 0.05) is 25.5 Å². The number of likely N-dealkylation sites (tertiary alicyclic amines) is 1. The maximum absolute atomic E-state index is 12.8. The van der Waals surface area contributed by atoms with Crippen LogP contribution in [0.15, 0.2) is 42.7 Å². The average molecular weight is 321 g/mol. The number of aliphatic hydroxyl groups is 1. The molecule has 1 N–H and O–H groups in total. The maximum Gasteiger partial charge on any atom is 0.266 e. The standard InChI is InChI=1S/C16H17F2N3O2/c17-15(18)16(23)6-10-20(11-7-16)14(22)12-4-1-2-5-13(12)21-9-3-8-19-21/h1-5,8-9,15,23H,6-7,10-11H2. The van der Waals surface area contributed by atoms with E-state index in [1.54, 1.807) is 47.4 Å². The monoisotopic (exact) mass is 321 g/mol. The van der Waals surface area contributed by atoms with E-state index in [2.05, 4.69) is 5.10 Å². The Balaban J connectivity index is 1.80. The number of hydrogen-bond acceptors (Lipinski definition) is 3. The quantitative estimate of drug-likeness (QED) is 0.942. The third-order valence-electron chi connectivity index (χ3n) is 4.21. The summed E-state index contributed by atoms with van der Waals surface area (Å²) in [5.41, 5.74) is -0.894. The van der Waals surface area contributed by atoms with Gasteiger partial charge < -0.3 is 10.0 Å². The normalized spacial score (nSPS) is 17.5. The Kier molecular flexibility index (Phi) is 4.12. The van der Waals surface area contributed by atoms with Crippen LogP contribution in [-0.2, 0) is 0 Å². The second kappa shape index (κ2) is 6.08. The predicted octanol–water partition coefficient (Wildman–Crippen LogP) is 2.10. The molecule has 2 aromatic rings. The first-order chi connectivity index (χ1) is 11.0. The molecule has 0 saturated carbocycles. The molecular formula is C16H17F2N3O2. The van der Waals surface area contributed by atoms with Crippen LogP contribution in [0.25, 0.3) is 5.69 Å². The Labute approximate surface area is 132 Å². The van der Waals surface area contributed by atoms with Crippen LogP contribution in [0.3, 0.4) is 0 Å². The van der Waals surface area contributed by atoms with Crippen LogP contribution in [0.2, 0.25) is 0 Å². The van der Waals surface area contributed by atoms with Crippen molar-refractivity contribution in [3.05, 3.63) is 48.3 Å². The van der Waals surface area contributed by atoms with Crippen LogP contribution in [0.4, 0.5) is 8.78 Å². The van der Waals surface area contributed by atoms with E-state index < -0.39 is 12.0 Å². The zero-order chi connectivity index (χ0) is 16.4. The molecule has 122 valence electrons. The van der Waals surface area contributed by atoms with Gasteiger partial charge in [-0.3, -0.25) is 4.79 Å². The van der Waals surface area contributed by atoms with Crippen LogP contribution in [0.1, 0.15) is 23.2 Å². The fourth-order valence-corrected chi connectivity index (χ4v) is 2.75. The Morgan fingerprint density at radius 1 is 1.22 bits per heavy atom. The number of carbonyl (C=O) groups excluding carboxylic acids is 1. The molecule has 1 aromatic heterocycles. The third kappa shape index (κ3) is 2.96. The predicted molar refractivity (Wildman–Crippen MR) is 79.7 cm³/mol. The summed E-state index contributed by atoms with van der Waals surface area (Å²) >= 11 is 0. The zero-order valence-corrected chi connectivity index (χ0v) is 12.4. The highest BCUT2D eigenvalue weighted by molar-refractivity contribution is 5.97. The van der Waals surface area contributed by atoms with Crippen LogP contribution in [0.5, 0.6) is 0 Å². The minimum atomic E-state index is -2.80. The smallest absolute Gasteiger partial charge is 0.266 e. The molecule has 0 radical (unpaired) electrons. The summed E-state index contributed by atoms with van der Waals surface area (Å²) in [6, 6.07) is 8.77. The topological polar surface area (TPSA) is 58.4 Å². The van der Waals surface area contributed by atoms with E-state index in [1.807, 2.05) is 0 Å². The SMILES string of the molecule is O=C(c1ccccc1-n1cccn1)N1CCC(O)(C(F)F)CC1. The summed E-state index contributed by atoms with van der Waals surface area (Å²) in [4.78, 5) is 14.2. The van der Waals surface area contributed by atoms with Gasteiger partial charge in [-0.05, 0) is 31.0 Å². The number of halogens is 2. The fraction of sp³-hybridized carbons (Fsp3) is 0.375. The molecule has 7 heteroatoms. The molecule has 23 heavy (non-hydrogen) atoms. The van der Waals surface area contributed by atoms with Gasteiger partial charge in [-0.1, -0.05) is 12.1 Å². The van der Waals surface area contributed by atoms with Gasteiger partial charge in [-0.2, -0.15) is 5.10 Å². The summed E-state index contributed by atoms with van der Waals surface area (Å²) < 4.78 is 27.3. The van der Waals surface area contributed by atoms with Gasteiger partial charge in [-0.25, -0.2) is 13.5 Å². The van der Waals surface area contributed by atoms with E-state index in [-0.39, 0.29) is 31.8 Å². The number of amides is 1. The lowest BCUT2D eigenvalue weighted by atomic mass is 9.91. The summed E-state index contributed by atoms with van der Waals surface area (Å²) in [6.45, 7) is 0.209. The molecule has 0 aliphatic carbocycles. The minimum Gasteiger partial charge on any atom is -0.384 e. The Bertz CT molecular complexity index is 680. The van der Waals surface area contributed by atoms with Gasteiger partial charge >= 0.3 is 0 Å². The molecule has 1 aliphatic rings. The van der Waals surface area contributed by atoms with Gasteiger partial charge in [0.1, 0.15) is 5.60 Å².